The summed E-state index contributed by atoms with van der Waals surface area (Å²) in [6.07, 6.45) is 1.47. The molecule has 0 aromatic heterocycles. The number of hydrogen-bond donors (Lipinski definition) is 3. The van der Waals surface area contributed by atoms with E-state index in [1.165, 1.54) is 11.8 Å². The van der Waals surface area contributed by atoms with E-state index in [4.69, 9.17) is 0 Å². The molecular formula is C18H25N5O. The average Bonchev–Trinajstić information content (AvgIpc) is 2.58. The number of anilines is 1. The molecule has 2 rings (SSSR count). The molecule has 0 spiro atoms. The Morgan fingerprint density at radius 3 is 2.79 bits per heavy atom. The largest absolute Gasteiger partial charge is 0.360 e. The van der Waals surface area contributed by atoms with E-state index in [9.17, 15) is 10.1 Å². The maximum atomic E-state index is 12.1. The molecule has 0 radical (unpaired) electrons. The monoisotopic (exact) mass is 327 g/mol. The lowest BCUT2D eigenvalue weighted by molar-refractivity contribution is -0.117. The first-order valence-corrected chi connectivity index (χ1v) is 8.25. The number of carbonyl (C=O) groups is 1. The van der Waals surface area contributed by atoms with Crippen molar-refractivity contribution in [3.8, 4) is 6.07 Å². The molecule has 3 N–H and O–H groups in total. The van der Waals surface area contributed by atoms with Gasteiger partial charge in [-0.3, -0.25) is 9.69 Å². The highest BCUT2D eigenvalue weighted by Crippen LogP contribution is 2.16. The molecule has 0 bridgehead atoms. The van der Waals surface area contributed by atoms with Crippen LogP contribution >= 0.6 is 0 Å². The normalized spacial score (nSPS) is 15.6. The van der Waals surface area contributed by atoms with Crippen LogP contribution in [0.15, 0.2) is 30.0 Å². The van der Waals surface area contributed by atoms with Gasteiger partial charge in [-0.1, -0.05) is 17.7 Å². The molecule has 1 fully saturated rings. The van der Waals surface area contributed by atoms with E-state index in [-0.39, 0.29) is 11.5 Å². The average molecular weight is 327 g/mol. The molecule has 6 nitrogen and oxygen atoms in total. The molecule has 6 heteroatoms. The minimum Gasteiger partial charge on any atom is -0.360 e. The van der Waals surface area contributed by atoms with Gasteiger partial charge in [0.05, 0.1) is 0 Å². The van der Waals surface area contributed by atoms with Gasteiger partial charge in [-0.25, -0.2) is 0 Å². The van der Waals surface area contributed by atoms with E-state index in [1.807, 2.05) is 32.0 Å². The maximum Gasteiger partial charge on any atom is 0.263 e. The summed E-state index contributed by atoms with van der Waals surface area (Å²) in [7, 11) is 0. The SMILES string of the molecule is Cc1ccc(N/C=C(/C#N)C(=O)NCCN2CCNCC2)c(C)c1. The van der Waals surface area contributed by atoms with E-state index >= 15 is 0 Å². The molecule has 1 aliphatic heterocycles. The highest BCUT2D eigenvalue weighted by Gasteiger charge is 2.11. The molecule has 1 saturated heterocycles. The van der Waals surface area contributed by atoms with Crippen LogP contribution in [0.25, 0.3) is 0 Å². The minimum atomic E-state index is -0.343. The van der Waals surface area contributed by atoms with Gasteiger partial charge in [0.1, 0.15) is 11.6 Å². The molecule has 24 heavy (non-hydrogen) atoms. The summed E-state index contributed by atoms with van der Waals surface area (Å²) in [5.74, 6) is -0.343. The summed E-state index contributed by atoms with van der Waals surface area (Å²) < 4.78 is 0. The number of nitrogens with zero attached hydrogens (tertiary/aromatic N) is 2. The predicted octanol–water partition coefficient (Wildman–Crippen LogP) is 1.14. The van der Waals surface area contributed by atoms with E-state index < -0.39 is 0 Å². The van der Waals surface area contributed by atoms with E-state index in [2.05, 4.69) is 26.9 Å². The van der Waals surface area contributed by atoms with Gasteiger partial charge in [0.15, 0.2) is 0 Å². The number of nitriles is 1. The Morgan fingerprint density at radius 2 is 2.12 bits per heavy atom. The number of nitrogens with one attached hydrogen (secondary N) is 3. The van der Waals surface area contributed by atoms with Crippen molar-refractivity contribution < 1.29 is 4.79 Å². The molecule has 1 heterocycles. The fourth-order valence-electron chi connectivity index (χ4n) is 2.63. The summed E-state index contributed by atoms with van der Waals surface area (Å²) >= 11 is 0. The Bertz CT molecular complexity index is 641. The highest BCUT2D eigenvalue weighted by molar-refractivity contribution is 5.97. The third-order valence-corrected chi connectivity index (χ3v) is 4.04. The fraction of sp³-hybridized carbons (Fsp3) is 0.444. The maximum absolute atomic E-state index is 12.1. The Kier molecular flexibility index (Phi) is 6.79. The number of rotatable bonds is 6. The Morgan fingerprint density at radius 1 is 1.38 bits per heavy atom. The Labute approximate surface area is 143 Å². The smallest absolute Gasteiger partial charge is 0.263 e. The van der Waals surface area contributed by atoms with Crippen LogP contribution in [0.2, 0.25) is 0 Å². The standard InChI is InChI=1S/C18H25N5O/c1-14-3-4-17(15(2)11-14)22-13-16(12-19)18(24)21-7-10-23-8-5-20-6-9-23/h3-4,11,13,20,22H,5-10H2,1-2H3,(H,21,24)/b16-13-. The van der Waals surface area contributed by atoms with Crippen molar-refractivity contribution in [3.63, 3.8) is 0 Å². The molecule has 0 unspecified atom stereocenters. The van der Waals surface area contributed by atoms with Gasteiger partial charge in [0.2, 0.25) is 0 Å². The van der Waals surface area contributed by atoms with Gasteiger partial charge in [0.25, 0.3) is 5.91 Å². The minimum absolute atomic E-state index is 0.0790. The van der Waals surface area contributed by atoms with Gasteiger partial charge in [0, 0.05) is 51.2 Å². The molecule has 1 aromatic carbocycles. The predicted molar refractivity (Wildman–Crippen MR) is 95.6 cm³/mol. The second kappa shape index (κ2) is 9.06. The summed E-state index contributed by atoms with van der Waals surface area (Å²) in [5, 5.41) is 18.3. The number of amides is 1. The molecule has 1 amide bonds. The topological polar surface area (TPSA) is 80.2 Å². The van der Waals surface area contributed by atoms with Crippen LogP contribution in [0.3, 0.4) is 0 Å². The number of aryl methyl sites for hydroxylation is 2. The fourth-order valence-corrected chi connectivity index (χ4v) is 2.63. The van der Waals surface area contributed by atoms with Crippen molar-refractivity contribution in [3.05, 3.63) is 41.1 Å². The number of carbonyl (C=O) groups excluding carboxylic acids is 1. The van der Waals surface area contributed by atoms with Crippen LogP contribution in [0.1, 0.15) is 11.1 Å². The van der Waals surface area contributed by atoms with E-state index in [0.29, 0.717) is 6.54 Å². The second-order valence-electron chi connectivity index (χ2n) is 5.98. The molecular weight excluding hydrogens is 302 g/mol. The molecule has 0 atom stereocenters. The zero-order chi connectivity index (χ0) is 17.4. The van der Waals surface area contributed by atoms with Gasteiger partial charge in [-0.2, -0.15) is 5.26 Å². The summed E-state index contributed by atoms with van der Waals surface area (Å²) in [4.78, 5) is 14.4. The van der Waals surface area contributed by atoms with Crippen LogP contribution in [0.5, 0.6) is 0 Å². The molecule has 0 aliphatic carbocycles. The van der Waals surface area contributed by atoms with Crippen LogP contribution in [-0.4, -0.2) is 50.1 Å². The van der Waals surface area contributed by atoms with E-state index in [1.54, 1.807) is 0 Å². The summed E-state index contributed by atoms with van der Waals surface area (Å²) in [6, 6.07) is 7.94. The molecule has 0 saturated carbocycles. The zero-order valence-corrected chi connectivity index (χ0v) is 14.4. The first kappa shape index (κ1) is 18.0. The van der Waals surface area contributed by atoms with Crippen molar-refractivity contribution in [2.75, 3.05) is 44.6 Å². The quantitative estimate of drug-likeness (QED) is 0.539. The van der Waals surface area contributed by atoms with Gasteiger partial charge < -0.3 is 16.0 Å². The van der Waals surface area contributed by atoms with Gasteiger partial charge in [-0.05, 0) is 25.5 Å². The summed E-state index contributed by atoms with van der Waals surface area (Å²) in [6.45, 7) is 9.31. The number of benzene rings is 1. The first-order chi connectivity index (χ1) is 11.6. The molecule has 1 aromatic rings. The van der Waals surface area contributed by atoms with Crippen molar-refractivity contribution in [1.29, 1.82) is 5.26 Å². The van der Waals surface area contributed by atoms with Crippen molar-refractivity contribution in [2.45, 2.75) is 13.8 Å². The van der Waals surface area contributed by atoms with Crippen LogP contribution in [0, 0.1) is 25.2 Å². The lowest BCUT2D eigenvalue weighted by atomic mass is 10.1. The Balaban J connectivity index is 1.85. The van der Waals surface area contributed by atoms with E-state index in [0.717, 1.165) is 44.0 Å². The second-order valence-corrected chi connectivity index (χ2v) is 5.98. The first-order valence-electron chi connectivity index (χ1n) is 8.25. The van der Waals surface area contributed by atoms with Crippen molar-refractivity contribution >= 4 is 11.6 Å². The zero-order valence-electron chi connectivity index (χ0n) is 14.4. The lowest BCUT2D eigenvalue weighted by Gasteiger charge is -2.27. The van der Waals surface area contributed by atoms with Crippen molar-refractivity contribution in [1.82, 2.24) is 15.5 Å². The number of hydrogen-bond acceptors (Lipinski definition) is 5. The van der Waals surface area contributed by atoms with Crippen molar-refractivity contribution in [2.24, 2.45) is 0 Å². The lowest BCUT2D eigenvalue weighted by Crippen LogP contribution is -2.46. The third kappa shape index (κ3) is 5.37. The highest BCUT2D eigenvalue weighted by atomic mass is 16.1. The van der Waals surface area contributed by atoms with Gasteiger partial charge >= 0.3 is 0 Å². The molecule has 128 valence electrons. The van der Waals surface area contributed by atoms with Crippen LogP contribution in [0.4, 0.5) is 5.69 Å². The Hall–Kier alpha value is -2.36. The molecule has 1 aliphatic rings. The van der Waals surface area contributed by atoms with Crippen LogP contribution in [-0.2, 0) is 4.79 Å². The summed E-state index contributed by atoms with van der Waals surface area (Å²) in [5.41, 5.74) is 3.22. The van der Waals surface area contributed by atoms with Gasteiger partial charge in [-0.15, -0.1) is 0 Å². The number of piperazine rings is 1. The third-order valence-electron chi connectivity index (χ3n) is 4.04. The van der Waals surface area contributed by atoms with Crippen LogP contribution < -0.4 is 16.0 Å².